The minimum atomic E-state index is -0.722. The quantitative estimate of drug-likeness (QED) is 0.375. The minimum absolute atomic E-state index is 0.0551. The number of carbonyl (C=O) groups is 1. The van der Waals surface area contributed by atoms with E-state index in [0.717, 1.165) is 17.1 Å². The summed E-state index contributed by atoms with van der Waals surface area (Å²) >= 11 is 0. The summed E-state index contributed by atoms with van der Waals surface area (Å²) in [6, 6.07) is 11.0. The Hall–Kier alpha value is -3.55. The number of aromatic nitrogens is 1. The van der Waals surface area contributed by atoms with Crippen molar-refractivity contribution in [2.24, 2.45) is 16.1 Å². The summed E-state index contributed by atoms with van der Waals surface area (Å²) < 4.78 is 1.74. The predicted molar refractivity (Wildman–Crippen MR) is 105 cm³/mol. The van der Waals surface area contributed by atoms with Crippen molar-refractivity contribution in [3.63, 3.8) is 0 Å². The van der Waals surface area contributed by atoms with Crippen LogP contribution in [0.2, 0.25) is 0 Å². The predicted octanol–water partition coefficient (Wildman–Crippen LogP) is 5.14. The third-order valence-electron chi connectivity index (χ3n) is 4.26. The van der Waals surface area contributed by atoms with Gasteiger partial charge in [0.1, 0.15) is 0 Å². The Bertz CT molecular complexity index is 1100. The number of aromatic hydroxyl groups is 1. The third-order valence-corrected chi connectivity index (χ3v) is 4.26. The summed E-state index contributed by atoms with van der Waals surface area (Å²) in [5, 5.41) is 29.9. The van der Waals surface area contributed by atoms with E-state index in [-0.39, 0.29) is 22.8 Å². The standard InChI is InChI=1S/C20H20N4O4/c1-12(2)11-23-17-8-7-13(3)9-16(17)18(20(23)26)21-22-19(25)14-5-4-6-15(10-14)24(27)28/h4-10,12,26H,11H2,1-3H3. The first-order valence-electron chi connectivity index (χ1n) is 8.80. The van der Waals surface area contributed by atoms with E-state index in [9.17, 15) is 20.0 Å². The summed E-state index contributed by atoms with van der Waals surface area (Å²) in [4.78, 5) is 22.6. The number of nitrogens with zero attached hydrogens (tertiary/aromatic N) is 4. The Balaban J connectivity index is 2.03. The van der Waals surface area contributed by atoms with Crippen LogP contribution < -0.4 is 0 Å². The zero-order valence-corrected chi connectivity index (χ0v) is 15.8. The number of aryl methyl sites for hydroxylation is 1. The van der Waals surface area contributed by atoms with E-state index in [2.05, 4.69) is 10.2 Å². The minimum Gasteiger partial charge on any atom is -0.493 e. The number of amides is 1. The number of benzene rings is 2. The molecular formula is C20H20N4O4. The molecule has 1 heterocycles. The SMILES string of the molecule is Cc1ccc2c(c1)c(N=NC(=O)c1cccc([N+](=O)[O-])c1)c(O)n2CC(C)C. The lowest BCUT2D eigenvalue weighted by Crippen LogP contribution is -2.03. The van der Waals surface area contributed by atoms with Gasteiger partial charge in [-0.2, -0.15) is 0 Å². The van der Waals surface area contributed by atoms with E-state index in [0.29, 0.717) is 17.8 Å². The maximum absolute atomic E-state index is 12.3. The number of nitro groups is 1. The number of azo groups is 1. The maximum Gasteiger partial charge on any atom is 0.295 e. The zero-order chi connectivity index (χ0) is 20.4. The lowest BCUT2D eigenvalue weighted by atomic mass is 10.1. The van der Waals surface area contributed by atoms with E-state index in [4.69, 9.17) is 0 Å². The molecule has 0 saturated heterocycles. The molecule has 3 rings (SSSR count). The number of rotatable bonds is 5. The number of hydrogen-bond donors (Lipinski definition) is 1. The van der Waals surface area contributed by atoms with Crippen LogP contribution in [-0.4, -0.2) is 20.5 Å². The molecule has 0 unspecified atom stereocenters. The molecule has 8 heteroatoms. The molecule has 1 N–H and O–H groups in total. The van der Waals surface area contributed by atoms with Gasteiger partial charge in [0.2, 0.25) is 5.88 Å². The van der Waals surface area contributed by atoms with E-state index in [1.54, 1.807) is 4.57 Å². The second kappa shape index (κ2) is 7.59. The van der Waals surface area contributed by atoms with Crippen LogP contribution >= 0.6 is 0 Å². The second-order valence-corrected chi connectivity index (χ2v) is 7.01. The smallest absolute Gasteiger partial charge is 0.295 e. The zero-order valence-electron chi connectivity index (χ0n) is 15.8. The first-order chi connectivity index (χ1) is 13.3. The number of non-ortho nitro benzene ring substituents is 1. The maximum atomic E-state index is 12.3. The van der Waals surface area contributed by atoms with Crippen LogP contribution in [0.25, 0.3) is 10.9 Å². The van der Waals surface area contributed by atoms with Gasteiger partial charge < -0.3 is 9.67 Å². The van der Waals surface area contributed by atoms with Crippen molar-refractivity contribution >= 4 is 28.2 Å². The molecular weight excluding hydrogens is 360 g/mol. The first kappa shape index (κ1) is 19.2. The summed E-state index contributed by atoms with van der Waals surface area (Å²) in [7, 11) is 0. The van der Waals surface area contributed by atoms with Crippen molar-refractivity contribution in [1.82, 2.24) is 4.57 Å². The highest BCUT2D eigenvalue weighted by Gasteiger charge is 2.18. The van der Waals surface area contributed by atoms with Crippen LogP contribution in [0.5, 0.6) is 5.88 Å². The summed E-state index contributed by atoms with van der Waals surface area (Å²) in [5.41, 5.74) is 1.84. The largest absolute Gasteiger partial charge is 0.493 e. The average Bonchev–Trinajstić information content (AvgIpc) is 2.90. The van der Waals surface area contributed by atoms with Crippen LogP contribution in [-0.2, 0) is 6.54 Å². The van der Waals surface area contributed by atoms with Gasteiger partial charge in [-0.3, -0.25) is 14.9 Å². The molecule has 0 aliphatic heterocycles. The number of nitro benzene ring substituents is 1. The van der Waals surface area contributed by atoms with Crippen LogP contribution in [0.1, 0.15) is 29.8 Å². The van der Waals surface area contributed by atoms with Crippen molar-refractivity contribution in [1.29, 1.82) is 0 Å². The molecule has 0 spiro atoms. The molecule has 3 aromatic rings. The van der Waals surface area contributed by atoms with Gasteiger partial charge in [0.15, 0.2) is 5.69 Å². The van der Waals surface area contributed by atoms with Gasteiger partial charge in [-0.1, -0.05) is 31.5 Å². The molecule has 1 amide bonds. The van der Waals surface area contributed by atoms with Crippen molar-refractivity contribution in [2.45, 2.75) is 27.3 Å². The fourth-order valence-corrected chi connectivity index (χ4v) is 2.99. The van der Waals surface area contributed by atoms with Crippen LogP contribution in [0, 0.1) is 23.0 Å². The van der Waals surface area contributed by atoms with Gasteiger partial charge in [0.05, 0.1) is 16.0 Å². The van der Waals surface area contributed by atoms with Gasteiger partial charge in [-0.15, -0.1) is 10.2 Å². The highest BCUT2D eigenvalue weighted by molar-refractivity contribution is 5.97. The Morgan fingerprint density at radius 3 is 2.68 bits per heavy atom. The Kier molecular flexibility index (Phi) is 5.21. The normalized spacial score (nSPS) is 11.6. The topological polar surface area (TPSA) is 110 Å². The van der Waals surface area contributed by atoms with Crippen molar-refractivity contribution in [2.75, 3.05) is 0 Å². The average molecular weight is 380 g/mol. The van der Waals surface area contributed by atoms with E-state index in [1.165, 1.54) is 18.2 Å². The van der Waals surface area contributed by atoms with E-state index < -0.39 is 10.8 Å². The molecule has 0 atom stereocenters. The molecule has 28 heavy (non-hydrogen) atoms. The van der Waals surface area contributed by atoms with E-state index in [1.807, 2.05) is 39.0 Å². The van der Waals surface area contributed by atoms with Gasteiger partial charge in [0.25, 0.3) is 11.6 Å². The first-order valence-corrected chi connectivity index (χ1v) is 8.80. The highest BCUT2D eigenvalue weighted by Crippen LogP contribution is 2.39. The van der Waals surface area contributed by atoms with Gasteiger partial charge in [-0.05, 0) is 31.0 Å². The molecule has 0 saturated carbocycles. The number of carbonyl (C=O) groups excluding carboxylic acids is 1. The summed E-state index contributed by atoms with van der Waals surface area (Å²) in [5.74, 6) is -0.496. The molecule has 0 radical (unpaired) electrons. The van der Waals surface area contributed by atoms with Crippen molar-refractivity contribution in [3.05, 3.63) is 63.7 Å². The molecule has 8 nitrogen and oxygen atoms in total. The van der Waals surface area contributed by atoms with Crippen LogP contribution in [0.3, 0.4) is 0 Å². The van der Waals surface area contributed by atoms with Crippen LogP contribution in [0.4, 0.5) is 11.4 Å². The van der Waals surface area contributed by atoms with E-state index >= 15 is 0 Å². The molecule has 2 aromatic carbocycles. The Labute approximate surface area is 161 Å². The van der Waals surface area contributed by atoms with Crippen molar-refractivity contribution < 1.29 is 14.8 Å². The fourth-order valence-electron chi connectivity index (χ4n) is 2.99. The number of hydrogen-bond acceptors (Lipinski definition) is 5. The van der Waals surface area contributed by atoms with Crippen molar-refractivity contribution in [3.8, 4) is 5.88 Å². The van der Waals surface area contributed by atoms with Crippen LogP contribution in [0.15, 0.2) is 52.7 Å². The summed E-state index contributed by atoms with van der Waals surface area (Å²) in [6.45, 7) is 6.57. The lowest BCUT2D eigenvalue weighted by Gasteiger charge is -2.09. The molecule has 0 bridgehead atoms. The van der Waals surface area contributed by atoms with Gasteiger partial charge in [0, 0.05) is 24.1 Å². The molecule has 144 valence electrons. The third kappa shape index (κ3) is 3.75. The monoisotopic (exact) mass is 380 g/mol. The summed E-state index contributed by atoms with van der Waals surface area (Å²) in [6.07, 6.45) is 0. The van der Waals surface area contributed by atoms with Gasteiger partial charge >= 0.3 is 0 Å². The van der Waals surface area contributed by atoms with Gasteiger partial charge in [-0.25, -0.2) is 0 Å². The Morgan fingerprint density at radius 2 is 2.00 bits per heavy atom. The highest BCUT2D eigenvalue weighted by atomic mass is 16.6. The second-order valence-electron chi connectivity index (χ2n) is 7.01. The molecule has 1 aromatic heterocycles. The molecule has 0 aliphatic carbocycles. The fraction of sp³-hybridized carbons (Fsp3) is 0.250. The number of fused-ring (bicyclic) bond motifs is 1. The molecule has 0 fully saturated rings. The lowest BCUT2D eigenvalue weighted by molar-refractivity contribution is -0.384. The molecule has 0 aliphatic rings. The Morgan fingerprint density at radius 1 is 1.25 bits per heavy atom.